The maximum atomic E-state index is 13.3. The number of sulfonamides is 1. The number of carbonyl (C=O) groups excluding carboxylic acids is 1. The zero-order valence-corrected chi connectivity index (χ0v) is 16.6. The molecule has 148 valence electrons. The highest BCUT2D eigenvalue weighted by molar-refractivity contribution is 7.89. The Morgan fingerprint density at radius 1 is 0.929 bits per heavy atom. The van der Waals surface area contributed by atoms with Crippen LogP contribution in [-0.4, -0.2) is 62.3 Å². The summed E-state index contributed by atoms with van der Waals surface area (Å²) < 4.78 is 28.1. The van der Waals surface area contributed by atoms with Gasteiger partial charge in [-0.3, -0.25) is 9.69 Å². The van der Waals surface area contributed by atoms with E-state index < -0.39 is 10.0 Å². The fourth-order valence-electron chi connectivity index (χ4n) is 3.52. The van der Waals surface area contributed by atoms with Gasteiger partial charge in [-0.2, -0.15) is 4.31 Å². The highest BCUT2D eigenvalue weighted by atomic mass is 32.2. The first kappa shape index (κ1) is 19.1. The minimum Gasteiger partial charge on any atom is -0.352 e. The number of piperazine rings is 1. The van der Waals surface area contributed by atoms with Crippen LogP contribution >= 0.6 is 0 Å². The molecule has 4 rings (SSSR count). The molecule has 0 radical (unpaired) electrons. The van der Waals surface area contributed by atoms with E-state index >= 15 is 0 Å². The summed E-state index contributed by atoms with van der Waals surface area (Å²) in [5.41, 5.74) is 1.60. The van der Waals surface area contributed by atoms with Gasteiger partial charge < -0.3 is 5.32 Å². The molecule has 0 bridgehead atoms. The normalized spacial score (nSPS) is 18.7. The summed E-state index contributed by atoms with van der Waals surface area (Å²) in [5.74, 6) is 0.0354. The van der Waals surface area contributed by atoms with Crippen molar-refractivity contribution in [2.24, 2.45) is 0 Å². The molecular formula is C21H25N3O3S. The molecule has 2 aliphatic rings. The van der Waals surface area contributed by atoms with Crippen LogP contribution in [0.2, 0.25) is 0 Å². The Kier molecular flexibility index (Phi) is 5.48. The summed E-state index contributed by atoms with van der Waals surface area (Å²) in [4.78, 5) is 14.3. The first-order chi connectivity index (χ1) is 13.5. The minimum absolute atomic E-state index is 0.0354. The number of hydrogen-bond donors (Lipinski definition) is 1. The van der Waals surface area contributed by atoms with Crippen LogP contribution in [0.4, 0.5) is 0 Å². The Balaban J connectivity index is 1.46. The second-order valence-electron chi connectivity index (χ2n) is 7.38. The Morgan fingerprint density at radius 3 is 2.25 bits per heavy atom. The lowest BCUT2D eigenvalue weighted by Gasteiger charge is -2.33. The number of nitrogens with zero attached hydrogens (tertiary/aromatic N) is 2. The van der Waals surface area contributed by atoms with Crippen LogP contribution in [0.25, 0.3) is 11.1 Å². The molecule has 2 fully saturated rings. The Morgan fingerprint density at radius 2 is 1.57 bits per heavy atom. The Hall–Kier alpha value is -2.22. The minimum atomic E-state index is -3.60. The zero-order valence-electron chi connectivity index (χ0n) is 15.8. The fourth-order valence-corrected chi connectivity index (χ4v) is 5.16. The molecule has 1 amide bonds. The largest absolute Gasteiger partial charge is 0.352 e. The number of amides is 1. The third kappa shape index (κ3) is 4.27. The van der Waals surface area contributed by atoms with Crippen molar-refractivity contribution in [3.63, 3.8) is 0 Å². The lowest BCUT2D eigenvalue weighted by molar-refractivity contribution is -0.122. The first-order valence-corrected chi connectivity index (χ1v) is 11.1. The summed E-state index contributed by atoms with van der Waals surface area (Å²) >= 11 is 0. The number of nitrogens with one attached hydrogen (secondary N) is 1. The van der Waals surface area contributed by atoms with Crippen molar-refractivity contribution >= 4 is 15.9 Å². The third-order valence-electron chi connectivity index (χ3n) is 5.23. The molecule has 1 N–H and O–H groups in total. The van der Waals surface area contributed by atoms with Crippen molar-refractivity contribution < 1.29 is 13.2 Å². The smallest absolute Gasteiger partial charge is 0.243 e. The molecule has 7 heteroatoms. The molecule has 1 aliphatic heterocycles. The zero-order chi connectivity index (χ0) is 19.6. The molecule has 2 aromatic rings. The summed E-state index contributed by atoms with van der Waals surface area (Å²) in [6.45, 7) is 2.24. The van der Waals surface area contributed by atoms with E-state index in [1.54, 1.807) is 12.1 Å². The number of rotatable bonds is 6. The van der Waals surface area contributed by atoms with Crippen LogP contribution in [-0.2, 0) is 14.8 Å². The summed E-state index contributed by atoms with van der Waals surface area (Å²) in [7, 11) is -3.60. The average Bonchev–Trinajstić information content (AvgIpc) is 3.53. The number of carbonyl (C=O) groups is 1. The van der Waals surface area contributed by atoms with Crippen LogP contribution in [0, 0.1) is 0 Å². The van der Waals surface area contributed by atoms with Gasteiger partial charge in [-0.05, 0) is 24.5 Å². The summed E-state index contributed by atoms with van der Waals surface area (Å²) in [6.07, 6.45) is 2.14. The highest BCUT2D eigenvalue weighted by Crippen LogP contribution is 2.29. The van der Waals surface area contributed by atoms with Crippen LogP contribution in [0.15, 0.2) is 59.5 Å². The van der Waals surface area contributed by atoms with E-state index in [1.807, 2.05) is 47.4 Å². The van der Waals surface area contributed by atoms with Crippen molar-refractivity contribution in [2.45, 2.75) is 23.8 Å². The van der Waals surface area contributed by atoms with Crippen LogP contribution in [0.1, 0.15) is 12.8 Å². The van der Waals surface area contributed by atoms with Crippen LogP contribution in [0.5, 0.6) is 0 Å². The Bertz CT molecular complexity index is 934. The van der Waals surface area contributed by atoms with Gasteiger partial charge in [0, 0.05) is 37.8 Å². The van der Waals surface area contributed by atoms with E-state index in [-0.39, 0.29) is 5.91 Å². The molecule has 1 saturated heterocycles. The van der Waals surface area contributed by atoms with Gasteiger partial charge >= 0.3 is 0 Å². The summed E-state index contributed by atoms with van der Waals surface area (Å²) in [6, 6.07) is 17.1. The monoisotopic (exact) mass is 399 g/mol. The van der Waals surface area contributed by atoms with Crippen molar-refractivity contribution in [1.82, 2.24) is 14.5 Å². The predicted octanol–water partition coefficient (Wildman–Crippen LogP) is 1.94. The van der Waals surface area contributed by atoms with Crippen molar-refractivity contribution in [3.8, 4) is 11.1 Å². The molecular weight excluding hydrogens is 374 g/mol. The molecule has 0 spiro atoms. The van der Waals surface area contributed by atoms with E-state index in [0.717, 1.165) is 18.4 Å². The van der Waals surface area contributed by atoms with Gasteiger partial charge in [0.15, 0.2) is 0 Å². The second-order valence-corrected chi connectivity index (χ2v) is 9.29. The standard InChI is InChI=1S/C21H25N3O3S/c25-21(22-18-10-11-18)16-23-12-14-24(15-13-23)28(26,27)20-9-5-4-8-19(20)17-6-2-1-3-7-17/h1-9,18H,10-16H2,(H,22,25). The first-order valence-electron chi connectivity index (χ1n) is 9.70. The van der Waals surface area contributed by atoms with Crippen molar-refractivity contribution in [2.75, 3.05) is 32.7 Å². The maximum Gasteiger partial charge on any atom is 0.243 e. The number of benzene rings is 2. The molecule has 6 nitrogen and oxygen atoms in total. The molecule has 1 aliphatic carbocycles. The van der Waals surface area contributed by atoms with E-state index in [1.165, 1.54) is 4.31 Å². The molecule has 1 saturated carbocycles. The van der Waals surface area contributed by atoms with E-state index in [0.29, 0.717) is 49.2 Å². The van der Waals surface area contributed by atoms with E-state index in [2.05, 4.69) is 5.32 Å². The third-order valence-corrected chi connectivity index (χ3v) is 7.19. The van der Waals surface area contributed by atoms with Crippen LogP contribution < -0.4 is 5.32 Å². The van der Waals surface area contributed by atoms with Gasteiger partial charge in [0.05, 0.1) is 11.4 Å². The van der Waals surface area contributed by atoms with Gasteiger partial charge in [0.1, 0.15) is 0 Å². The molecule has 0 atom stereocenters. The van der Waals surface area contributed by atoms with Gasteiger partial charge in [0.25, 0.3) is 0 Å². The van der Waals surface area contributed by atoms with Gasteiger partial charge in [0.2, 0.25) is 15.9 Å². The second kappa shape index (κ2) is 8.03. The van der Waals surface area contributed by atoms with Crippen molar-refractivity contribution in [3.05, 3.63) is 54.6 Å². The SMILES string of the molecule is O=C(CN1CCN(S(=O)(=O)c2ccccc2-c2ccccc2)CC1)NC1CC1. The average molecular weight is 400 g/mol. The molecule has 2 aromatic carbocycles. The van der Waals surface area contributed by atoms with Gasteiger partial charge in [-0.1, -0.05) is 48.5 Å². The lowest BCUT2D eigenvalue weighted by atomic mass is 10.1. The summed E-state index contributed by atoms with van der Waals surface area (Å²) in [5, 5.41) is 2.98. The van der Waals surface area contributed by atoms with E-state index in [4.69, 9.17) is 0 Å². The highest BCUT2D eigenvalue weighted by Gasteiger charge is 2.31. The maximum absolute atomic E-state index is 13.3. The van der Waals surface area contributed by atoms with E-state index in [9.17, 15) is 13.2 Å². The van der Waals surface area contributed by atoms with Gasteiger partial charge in [-0.15, -0.1) is 0 Å². The lowest BCUT2D eigenvalue weighted by Crippen LogP contribution is -2.51. The molecule has 0 aromatic heterocycles. The Labute approximate surface area is 166 Å². The van der Waals surface area contributed by atoms with Gasteiger partial charge in [-0.25, -0.2) is 8.42 Å². The quantitative estimate of drug-likeness (QED) is 0.806. The molecule has 1 heterocycles. The fraction of sp³-hybridized carbons (Fsp3) is 0.381. The number of hydrogen-bond acceptors (Lipinski definition) is 4. The van der Waals surface area contributed by atoms with Crippen molar-refractivity contribution in [1.29, 1.82) is 0 Å². The predicted molar refractivity (Wildman–Crippen MR) is 108 cm³/mol. The topological polar surface area (TPSA) is 69.7 Å². The molecule has 0 unspecified atom stereocenters. The van der Waals surface area contributed by atoms with Crippen LogP contribution in [0.3, 0.4) is 0 Å². The molecule has 28 heavy (non-hydrogen) atoms.